The number of morpholine rings is 1. The van der Waals surface area contributed by atoms with Crippen molar-refractivity contribution in [1.82, 2.24) is 24.8 Å². The average molecular weight is 346 g/mol. The molecule has 0 aromatic carbocycles. The maximum atomic E-state index is 5.50. The van der Waals surface area contributed by atoms with Gasteiger partial charge in [-0.05, 0) is 26.8 Å². The van der Waals surface area contributed by atoms with Crippen molar-refractivity contribution in [2.45, 2.75) is 32.7 Å². The maximum Gasteiger partial charge on any atom is 0.231 e. The molecule has 136 valence electrons. The molecule has 8 heteroatoms. The molecule has 0 amide bonds. The van der Waals surface area contributed by atoms with Gasteiger partial charge in [0.05, 0.1) is 24.8 Å². The lowest BCUT2D eigenvalue weighted by atomic mass is 10.1. The van der Waals surface area contributed by atoms with Crippen molar-refractivity contribution in [2.24, 2.45) is 7.05 Å². The normalized spacial score (nSPS) is 22.0. The van der Waals surface area contributed by atoms with Crippen LogP contribution in [0.15, 0.2) is 4.52 Å². The van der Waals surface area contributed by atoms with Crippen molar-refractivity contribution < 1.29 is 9.26 Å². The average Bonchev–Trinajstić information content (AvgIpc) is 3.29. The van der Waals surface area contributed by atoms with Gasteiger partial charge in [-0.3, -0.25) is 9.58 Å². The first-order valence-corrected chi connectivity index (χ1v) is 8.99. The Hall–Kier alpha value is -1.93. The van der Waals surface area contributed by atoms with Crippen molar-refractivity contribution in [1.29, 1.82) is 0 Å². The topological polar surface area (TPSA) is 72.5 Å². The second kappa shape index (κ2) is 6.76. The highest BCUT2D eigenvalue weighted by atomic mass is 16.5. The number of likely N-dealkylation sites (tertiary alicyclic amines) is 1. The Kier molecular flexibility index (Phi) is 4.47. The fraction of sp³-hybridized carbons (Fsp3) is 0.706. The SMILES string of the molecule is Cc1noc(C2CCN(Cc3c(C)nn(C)c3N3CCOCC3)C2)n1. The van der Waals surface area contributed by atoms with E-state index in [9.17, 15) is 0 Å². The predicted octanol–water partition coefficient (Wildman–Crippen LogP) is 1.25. The summed E-state index contributed by atoms with van der Waals surface area (Å²) < 4.78 is 12.9. The summed E-state index contributed by atoms with van der Waals surface area (Å²) >= 11 is 0. The minimum Gasteiger partial charge on any atom is -0.378 e. The van der Waals surface area contributed by atoms with Crippen molar-refractivity contribution in [3.8, 4) is 0 Å². The van der Waals surface area contributed by atoms with Crippen LogP contribution in [0.1, 0.15) is 35.3 Å². The van der Waals surface area contributed by atoms with E-state index in [0.29, 0.717) is 11.7 Å². The van der Waals surface area contributed by atoms with E-state index in [2.05, 4.69) is 32.0 Å². The van der Waals surface area contributed by atoms with Gasteiger partial charge in [-0.25, -0.2) is 0 Å². The molecule has 0 N–H and O–H groups in total. The number of rotatable bonds is 4. The van der Waals surface area contributed by atoms with Crippen molar-refractivity contribution in [3.05, 3.63) is 23.0 Å². The zero-order valence-corrected chi connectivity index (χ0v) is 15.2. The molecule has 2 aliphatic rings. The summed E-state index contributed by atoms with van der Waals surface area (Å²) in [5, 5.41) is 8.60. The van der Waals surface area contributed by atoms with Gasteiger partial charge in [0, 0.05) is 38.8 Å². The Morgan fingerprint density at radius 1 is 1.16 bits per heavy atom. The molecule has 4 rings (SSSR count). The van der Waals surface area contributed by atoms with Crippen LogP contribution >= 0.6 is 0 Å². The van der Waals surface area contributed by atoms with E-state index in [1.54, 1.807) is 0 Å². The molecule has 2 aromatic heterocycles. The molecule has 25 heavy (non-hydrogen) atoms. The third-order valence-corrected chi connectivity index (χ3v) is 5.17. The van der Waals surface area contributed by atoms with Crippen molar-refractivity contribution in [2.75, 3.05) is 44.3 Å². The third-order valence-electron chi connectivity index (χ3n) is 5.17. The van der Waals surface area contributed by atoms with Gasteiger partial charge in [-0.2, -0.15) is 10.1 Å². The van der Waals surface area contributed by atoms with E-state index in [-0.39, 0.29) is 0 Å². The molecule has 0 bridgehead atoms. The van der Waals surface area contributed by atoms with E-state index in [1.165, 1.54) is 11.4 Å². The molecule has 0 spiro atoms. The number of ether oxygens (including phenoxy) is 1. The molecule has 2 fully saturated rings. The van der Waals surface area contributed by atoms with Gasteiger partial charge in [0.1, 0.15) is 5.82 Å². The summed E-state index contributed by atoms with van der Waals surface area (Å²) in [4.78, 5) is 9.27. The number of hydrogen-bond donors (Lipinski definition) is 0. The molecular weight excluding hydrogens is 320 g/mol. The molecule has 4 heterocycles. The fourth-order valence-corrected chi connectivity index (χ4v) is 3.93. The van der Waals surface area contributed by atoms with Crippen LogP contribution in [0.2, 0.25) is 0 Å². The van der Waals surface area contributed by atoms with Gasteiger partial charge in [-0.15, -0.1) is 0 Å². The Morgan fingerprint density at radius 2 is 1.96 bits per heavy atom. The molecular formula is C17H26N6O2. The predicted molar refractivity (Wildman–Crippen MR) is 92.6 cm³/mol. The highest BCUT2D eigenvalue weighted by Crippen LogP contribution is 2.30. The Balaban J connectivity index is 1.49. The first kappa shape index (κ1) is 16.5. The number of aromatic nitrogens is 4. The Morgan fingerprint density at radius 3 is 2.68 bits per heavy atom. The largest absolute Gasteiger partial charge is 0.378 e. The molecule has 0 radical (unpaired) electrons. The lowest BCUT2D eigenvalue weighted by Gasteiger charge is -2.30. The van der Waals surface area contributed by atoms with Crippen LogP contribution in [-0.4, -0.2) is 64.2 Å². The summed E-state index contributed by atoms with van der Waals surface area (Å²) in [6.45, 7) is 10.3. The number of hydrogen-bond acceptors (Lipinski definition) is 7. The minimum atomic E-state index is 0.338. The van der Waals surface area contributed by atoms with Crippen LogP contribution in [0.5, 0.6) is 0 Å². The highest BCUT2D eigenvalue weighted by molar-refractivity contribution is 5.50. The smallest absolute Gasteiger partial charge is 0.231 e. The maximum absolute atomic E-state index is 5.50. The van der Waals surface area contributed by atoms with Crippen LogP contribution in [0.25, 0.3) is 0 Å². The van der Waals surface area contributed by atoms with Gasteiger partial charge in [-0.1, -0.05) is 5.16 Å². The van der Waals surface area contributed by atoms with Crippen molar-refractivity contribution in [3.63, 3.8) is 0 Å². The molecule has 2 saturated heterocycles. The van der Waals surface area contributed by atoms with Crippen molar-refractivity contribution >= 4 is 5.82 Å². The summed E-state index contributed by atoms with van der Waals surface area (Å²) in [5.74, 6) is 3.06. The quantitative estimate of drug-likeness (QED) is 0.825. The van der Waals surface area contributed by atoms with E-state index in [0.717, 1.165) is 63.9 Å². The van der Waals surface area contributed by atoms with E-state index in [1.807, 2.05) is 18.7 Å². The molecule has 2 aromatic rings. The van der Waals surface area contributed by atoms with E-state index < -0.39 is 0 Å². The van der Waals surface area contributed by atoms with Crippen LogP contribution < -0.4 is 4.90 Å². The number of anilines is 1. The van der Waals surface area contributed by atoms with Gasteiger partial charge in [0.2, 0.25) is 5.89 Å². The summed E-state index contributed by atoms with van der Waals surface area (Å²) in [6, 6.07) is 0. The Bertz CT molecular complexity index is 734. The summed E-state index contributed by atoms with van der Waals surface area (Å²) in [7, 11) is 2.04. The zero-order chi connectivity index (χ0) is 17.4. The first-order valence-electron chi connectivity index (χ1n) is 8.99. The Labute approximate surface area is 147 Å². The third kappa shape index (κ3) is 3.28. The summed E-state index contributed by atoms with van der Waals surface area (Å²) in [6.07, 6.45) is 1.06. The van der Waals surface area contributed by atoms with Crippen LogP contribution in [-0.2, 0) is 18.3 Å². The van der Waals surface area contributed by atoms with Crippen LogP contribution in [0.4, 0.5) is 5.82 Å². The zero-order valence-electron chi connectivity index (χ0n) is 15.2. The fourth-order valence-electron chi connectivity index (χ4n) is 3.93. The number of aryl methyl sites for hydroxylation is 3. The molecule has 1 atom stereocenters. The van der Waals surface area contributed by atoms with E-state index >= 15 is 0 Å². The standard InChI is InChI=1S/C17H26N6O2/c1-12-15(17(21(3)19-12)23-6-8-24-9-7-23)11-22-5-4-14(10-22)16-18-13(2)20-25-16/h14H,4-11H2,1-3H3. The monoisotopic (exact) mass is 346 g/mol. The lowest BCUT2D eigenvalue weighted by molar-refractivity contribution is 0.122. The molecule has 0 aliphatic carbocycles. The van der Waals surface area contributed by atoms with Crippen LogP contribution in [0, 0.1) is 13.8 Å². The molecule has 8 nitrogen and oxygen atoms in total. The first-order chi connectivity index (χ1) is 12.1. The van der Waals surface area contributed by atoms with E-state index in [4.69, 9.17) is 9.26 Å². The summed E-state index contributed by atoms with van der Waals surface area (Å²) in [5.41, 5.74) is 2.44. The van der Waals surface area contributed by atoms with Gasteiger partial charge >= 0.3 is 0 Å². The second-order valence-corrected chi connectivity index (χ2v) is 7.01. The molecule has 1 unspecified atom stereocenters. The van der Waals surface area contributed by atoms with Gasteiger partial charge in [0.15, 0.2) is 5.82 Å². The molecule has 0 saturated carbocycles. The minimum absolute atomic E-state index is 0.338. The number of nitrogens with zero attached hydrogens (tertiary/aromatic N) is 6. The second-order valence-electron chi connectivity index (χ2n) is 7.01. The van der Waals surface area contributed by atoms with Gasteiger partial charge < -0.3 is 14.2 Å². The lowest BCUT2D eigenvalue weighted by Crippen LogP contribution is -2.38. The van der Waals surface area contributed by atoms with Gasteiger partial charge in [0.25, 0.3) is 0 Å². The van der Waals surface area contributed by atoms with Crippen LogP contribution in [0.3, 0.4) is 0 Å². The molecule has 2 aliphatic heterocycles. The highest BCUT2D eigenvalue weighted by Gasteiger charge is 2.30.